The van der Waals surface area contributed by atoms with E-state index in [0.717, 1.165) is 0 Å². The lowest BCUT2D eigenvalue weighted by Crippen LogP contribution is -2.29. The van der Waals surface area contributed by atoms with Crippen LogP contribution < -0.4 is 10.8 Å². The van der Waals surface area contributed by atoms with E-state index in [0.29, 0.717) is 17.7 Å². The van der Waals surface area contributed by atoms with Crippen molar-refractivity contribution in [3.05, 3.63) is 59.8 Å². The number of nitrogens with one attached hydrogen (secondary N) is 2. The van der Waals surface area contributed by atoms with E-state index in [-0.39, 0.29) is 35.3 Å². The molecule has 1 aliphatic heterocycles. The third-order valence-corrected chi connectivity index (χ3v) is 4.84. The number of hydrogen-bond acceptors (Lipinski definition) is 4. The lowest BCUT2D eigenvalue weighted by Gasteiger charge is -2.17. The predicted octanol–water partition coefficient (Wildman–Crippen LogP) is 3.73. The SMILES string of the molecule is C=C(NO)[C@@H]1[C@H](c2ccccc2F)[C@H]1C1C=NC(NCC(F)(F)F)=CC1. The highest BCUT2D eigenvalue weighted by Crippen LogP contribution is 2.61. The Kier molecular flexibility index (Phi) is 5.04. The summed E-state index contributed by atoms with van der Waals surface area (Å²) < 4.78 is 51.0. The second-order valence-corrected chi connectivity index (χ2v) is 6.52. The first-order valence-electron chi connectivity index (χ1n) is 8.20. The Morgan fingerprint density at radius 2 is 2.04 bits per heavy atom. The number of allylic oxidation sites excluding steroid dienone is 2. The summed E-state index contributed by atoms with van der Waals surface area (Å²) in [5.74, 6) is -0.609. The van der Waals surface area contributed by atoms with Crippen molar-refractivity contribution in [2.45, 2.75) is 18.5 Å². The van der Waals surface area contributed by atoms with Crippen LogP contribution >= 0.6 is 0 Å². The van der Waals surface area contributed by atoms with Crippen molar-refractivity contribution < 1.29 is 22.8 Å². The van der Waals surface area contributed by atoms with Gasteiger partial charge in [0.05, 0.1) is 0 Å². The van der Waals surface area contributed by atoms with E-state index in [9.17, 15) is 22.8 Å². The molecule has 1 fully saturated rings. The fourth-order valence-corrected chi connectivity index (χ4v) is 3.64. The van der Waals surface area contributed by atoms with Crippen molar-refractivity contribution in [2.24, 2.45) is 22.7 Å². The molecule has 8 heteroatoms. The molecule has 0 spiro atoms. The first-order valence-corrected chi connectivity index (χ1v) is 8.20. The summed E-state index contributed by atoms with van der Waals surface area (Å²) in [7, 11) is 0. The maximum Gasteiger partial charge on any atom is 0.405 e. The highest BCUT2D eigenvalue weighted by molar-refractivity contribution is 5.66. The summed E-state index contributed by atoms with van der Waals surface area (Å²) in [6.45, 7) is 2.63. The van der Waals surface area contributed by atoms with Crippen LogP contribution in [0.2, 0.25) is 0 Å². The summed E-state index contributed by atoms with van der Waals surface area (Å²) in [4.78, 5) is 4.06. The van der Waals surface area contributed by atoms with Crippen LogP contribution in [0, 0.1) is 23.6 Å². The Morgan fingerprint density at radius 3 is 2.62 bits per heavy atom. The predicted molar refractivity (Wildman–Crippen MR) is 88.9 cm³/mol. The molecule has 1 aromatic carbocycles. The number of aliphatic imine (C=N–C) groups is 1. The number of nitrogens with zero attached hydrogens (tertiary/aromatic N) is 1. The lowest BCUT2D eigenvalue weighted by molar-refractivity contribution is -0.123. The molecule has 1 aromatic rings. The number of hydroxylamine groups is 1. The zero-order chi connectivity index (χ0) is 18.9. The Morgan fingerprint density at radius 1 is 1.31 bits per heavy atom. The first kappa shape index (κ1) is 18.4. The standard InChI is InChI=1S/C18H19F4N3O/c1-10(25-26)15-16(17(15)12-4-2-3-5-13(12)19)11-6-7-14(23-8-11)24-9-18(20,21)22/h2-5,7-8,11,15-17,24-26H,1,6,9H2/t11?,15-,16-,17-/m0/s1. The van der Waals surface area contributed by atoms with Crippen LogP contribution in [0.5, 0.6) is 0 Å². The van der Waals surface area contributed by atoms with Crippen molar-refractivity contribution in [1.82, 2.24) is 10.8 Å². The zero-order valence-electron chi connectivity index (χ0n) is 13.8. The highest BCUT2D eigenvalue weighted by Gasteiger charge is 2.56. The van der Waals surface area contributed by atoms with Gasteiger partial charge < -0.3 is 5.32 Å². The molecule has 1 saturated carbocycles. The van der Waals surface area contributed by atoms with Gasteiger partial charge in [-0.15, -0.1) is 0 Å². The van der Waals surface area contributed by atoms with E-state index in [1.165, 1.54) is 6.07 Å². The molecule has 26 heavy (non-hydrogen) atoms. The van der Waals surface area contributed by atoms with Gasteiger partial charge in [-0.1, -0.05) is 24.8 Å². The Hall–Kier alpha value is -2.35. The molecular weight excluding hydrogens is 350 g/mol. The number of hydrogen-bond donors (Lipinski definition) is 3. The molecule has 0 saturated heterocycles. The van der Waals surface area contributed by atoms with E-state index < -0.39 is 12.7 Å². The van der Waals surface area contributed by atoms with Gasteiger partial charge in [0.15, 0.2) is 0 Å². The van der Waals surface area contributed by atoms with Crippen molar-refractivity contribution in [1.29, 1.82) is 0 Å². The fourth-order valence-electron chi connectivity index (χ4n) is 3.64. The number of benzene rings is 1. The van der Waals surface area contributed by atoms with Crippen molar-refractivity contribution in [3.8, 4) is 0 Å². The smallest absolute Gasteiger partial charge is 0.361 e. The molecule has 4 nitrogen and oxygen atoms in total. The largest absolute Gasteiger partial charge is 0.405 e. The van der Waals surface area contributed by atoms with Crippen LogP contribution in [0.3, 0.4) is 0 Å². The molecule has 140 valence electrons. The lowest BCUT2D eigenvalue weighted by atomic mass is 9.95. The number of rotatable bonds is 6. The fraction of sp³-hybridized carbons (Fsp3) is 0.389. The normalized spacial score (nSPS) is 27.7. The molecular formula is C18H19F4N3O. The van der Waals surface area contributed by atoms with Crippen molar-refractivity contribution in [3.63, 3.8) is 0 Å². The Bertz CT molecular complexity index is 744. The van der Waals surface area contributed by atoms with Crippen LogP contribution in [0.15, 0.2) is 53.4 Å². The number of alkyl halides is 3. The van der Waals surface area contributed by atoms with Gasteiger partial charge in [-0.3, -0.25) is 10.7 Å². The summed E-state index contributed by atoms with van der Waals surface area (Å²) in [5.41, 5.74) is 2.98. The minimum absolute atomic E-state index is 0.0387. The molecule has 1 heterocycles. The number of halogens is 4. The van der Waals surface area contributed by atoms with Gasteiger partial charge in [0.1, 0.15) is 18.2 Å². The summed E-state index contributed by atoms with van der Waals surface area (Å²) in [6, 6.07) is 6.43. The monoisotopic (exact) mass is 369 g/mol. The zero-order valence-corrected chi connectivity index (χ0v) is 13.8. The van der Waals surface area contributed by atoms with E-state index >= 15 is 0 Å². The maximum atomic E-state index is 14.2. The van der Waals surface area contributed by atoms with Crippen LogP contribution in [0.4, 0.5) is 17.6 Å². The minimum Gasteiger partial charge on any atom is -0.361 e. The molecule has 4 atom stereocenters. The highest BCUT2D eigenvalue weighted by atomic mass is 19.4. The molecule has 3 N–H and O–H groups in total. The molecule has 0 bridgehead atoms. The second-order valence-electron chi connectivity index (χ2n) is 6.52. The van der Waals surface area contributed by atoms with Gasteiger partial charge in [0.25, 0.3) is 0 Å². The summed E-state index contributed by atoms with van der Waals surface area (Å²) in [6.07, 6.45) is -0.620. The first-order chi connectivity index (χ1) is 12.3. The van der Waals surface area contributed by atoms with E-state index in [1.54, 1.807) is 30.5 Å². The second kappa shape index (κ2) is 7.11. The van der Waals surface area contributed by atoms with Gasteiger partial charge in [-0.2, -0.15) is 13.2 Å². The van der Waals surface area contributed by atoms with Gasteiger partial charge in [-0.05, 0) is 36.0 Å². The molecule has 3 rings (SSSR count). The minimum atomic E-state index is -4.31. The molecule has 1 aliphatic carbocycles. The third kappa shape index (κ3) is 3.90. The molecule has 1 unspecified atom stereocenters. The third-order valence-electron chi connectivity index (χ3n) is 4.84. The summed E-state index contributed by atoms with van der Waals surface area (Å²) >= 11 is 0. The van der Waals surface area contributed by atoms with Crippen molar-refractivity contribution >= 4 is 6.21 Å². The van der Waals surface area contributed by atoms with E-state index in [4.69, 9.17) is 0 Å². The molecule has 2 aliphatic rings. The van der Waals surface area contributed by atoms with Crippen LogP contribution in [0.25, 0.3) is 0 Å². The van der Waals surface area contributed by atoms with Crippen LogP contribution in [-0.4, -0.2) is 24.1 Å². The Labute approximate surface area is 148 Å². The van der Waals surface area contributed by atoms with Crippen LogP contribution in [-0.2, 0) is 0 Å². The molecule has 0 amide bonds. The van der Waals surface area contributed by atoms with E-state index in [1.807, 2.05) is 5.48 Å². The molecule has 0 radical (unpaired) electrons. The van der Waals surface area contributed by atoms with Gasteiger partial charge in [-0.25, -0.2) is 9.38 Å². The average Bonchev–Trinajstić information content (AvgIpc) is 3.35. The van der Waals surface area contributed by atoms with Gasteiger partial charge >= 0.3 is 6.18 Å². The summed E-state index contributed by atoms with van der Waals surface area (Å²) in [5, 5.41) is 11.4. The molecule has 0 aromatic heterocycles. The Balaban J connectivity index is 1.71. The van der Waals surface area contributed by atoms with Crippen molar-refractivity contribution in [2.75, 3.05) is 6.54 Å². The van der Waals surface area contributed by atoms with E-state index in [2.05, 4.69) is 16.9 Å². The van der Waals surface area contributed by atoms with Gasteiger partial charge in [0, 0.05) is 23.7 Å². The maximum absolute atomic E-state index is 14.2. The average molecular weight is 369 g/mol. The van der Waals surface area contributed by atoms with Crippen LogP contribution in [0.1, 0.15) is 17.9 Å². The quantitative estimate of drug-likeness (QED) is 0.529. The van der Waals surface area contributed by atoms with Gasteiger partial charge in [0.2, 0.25) is 0 Å². The topological polar surface area (TPSA) is 56.6 Å².